The lowest BCUT2D eigenvalue weighted by molar-refractivity contribution is -0.389. The largest absolute Gasteiger partial charge is 0.477 e. The van der Waals surface area contributed by atoms with Gasteiger partial charge in [0.05, 0.1) is 5.02 Å². The van der Waals surface area contributed by atoms with Crippen LogP contribution in [0.15, 0.2) is 30.3 Å². The van der Waals surface area contributed by atoms with Crippen LogP contribution in [0.25, 0.3) is 0 Å². The van der Waals surface area contributed by atoms with E-state index in [1.54, 1.807) is 0 Å². The lowest BCUT2D eigenvalue weighted by Crippen LogP contribution is -2.44. The standard InChI is InChI=1S/C15H10ClFN4O5/c16-9-5-8(1-2-10(9)17)18-13(22)6-20-14(23)7-26-11-3-4-12(21(24)25)19-15(11)20/h1-5H,6-7H2,(H,18,22). The average molecular weight is 381 g/mol. The number of nitro groups is 1. The van der Waals surface area contributed by atoms with E-state index in [1.165, 1.54) is 18.2 Å². The molecule has 2 amide bonds. The smallest absolute Gasteiger partial charge is 0.366 e. The number of amides is 2. The minimum Gasteiger partial charge on any atom is -0.477 e. The lowest BCUT2D eigenvalue weighted by Gasteiger charge is -2.24. The maximum Gasteiger partial charge on any atom is 0.366 e. The van der Waals surface area contributed by atoms with Crippen molar-refractivity contribution in [2.45, 2.75) is 0 Å². The summed E-state index contributed by atoms with van der Waals surface area (Å²) in [6, 6.07) is 6.03. The summed E-state index contributed by atoms with van der Waals surface area (Å²) in [5.41, 5.74) is 0.231. The van der Waals surface area contributed by atoms with Crippen molar-refractivity contribution in [3.63, 3.8) is 0 Å². The Balaban J connectivity index is 1.81. The molecule has 0 unspecified atom stereocenters. The number of anilines is 2. The van der Waals surface area contributed by atoms with E-state index in [2.05, 4.69) is 10.3 Å². The van der Waals surface area contributed by atoms with Crippen LogP contribution in [0.1, 0.15) is 0 Å². The van der Waals surface area contributed by atoms with E-state index in [0.29, 0.717) is 0 Å². The van der Waals surface area contributed by atoms with Crippen molar-refractivity contribution in [3.05, 3.63) is 51.3 Å². The van der Waals surface area contributed by atoms with Gasteiger partial charge >= 0.3 is 5.82 Å². The van der Waals surface area contributed by atoms with Gasteiger partial charge in [-0.2, -0.15) is 0 Å². The number of ether oxygens (including phenoxy) is 1. The number of pyridine rings is 1. The molecule has 1 aromatic carbocycles. The topological polar surface area (TPSA) is 115 Å². The van der Waals surface area contributed by atoms with Crippen LogP contribution >= 0.6 is 11.6 Å². The predicted molar refractivity (Wildman–Crippen MR) is 88.8 cm³/mol. The van der Waals surface area contributed by atoms with Crippen molar-refractivity contribution in [3.8, 4) is 5.75 Å². The van der Waals surface area contributed by atoms with E-state index in [-0.39, 0.29) is 28.9 Å². The first kappa shape index (κ1) is 17.5. The number of hydrogen-bond donors (Lipinski definition) is 1. The molecule has 0 radical (unpaired) electrons. The van der Waals surface area contributed by atoms with Crippen molar-refractivity contribution in [1.29, 1.82) is 0 Å². The van der Waals surface area contributed by atoms with Gasteiger partial charge in [-0.15, -0.1) is 0 Å². The van der Waals surface area contributed by atoms with Crippen LogP contribution in [0.3, 0.4) is 0 Å². The minimum absolute atomic E-state index is 0.122. The third-order valence-corrected chi connectivity index (χ3v) is 3.71. The highest BCUT2D eigenvalue weighted by Gasteiger charge is 2.33. The molecule has 0 saturated carbocycles. The average Bonchev–Trinajstić information content (AvgIpc) is 2.60. The van der Waals surface area contributed by atoms with Crippen LogP contribution in [0, 0.1) is 15.9 Å². The van der Waals surface area contributed by atoms with Crippen molar-refractivity contribution in [1.82, 2.24) is 4.98 Å². The highest BCUT2D eigenvalue weighted by Crippen LogP contribution is 2.31. The van der Waals surface area contributed by atoms with Gasteiger partial charge in [0.2, 0.25) is 5.91 Å². The van der Waals surface area contributed by atoms with Gasteiger partial charge in [-0.05, 0) is 34.2 Å². The summed E-state index contributed by atoms with van der Waals surface area (Å²) in [4.78, 5) is 39.2. The molecule has 2 heterocycles. The Labute approximate surface area is 150 Å². The summed E-state index contributed by atoms with van der Waals surface area (Å²) in [5, 5.41) is 13.2. The molecule has 1 aromatic heterocycles. The molecule has 26 heavy (non-hydrogen) atoms. The predicted octanol–water partition coefficient (Wildman–Crippen LogP) is 2.15. The third-order valence-electron chi connectivity index (χ3n) is 3.42. The molecule has 9 nitrogen and oxygen atoms in total. The molecule has 134 valence electrons. The summed E-state index contributed by atoms with van der Waals surface area (Å²) in [6.45, 7) is -0.791. The Morgan fingerprint density at radius 2 is 2.19 bits per heavy atom. The molecule has 1 aliphatic rings. The van der Waals surface area contributed by atoms with E-state index in [9.17, 15) is 24.1 Å². The SMILES string of the molecule is O=C(CN1C(=O)COc2ccc([N+](=O)[O-])nc21)Nc1ccc(F)c(Cl)c1. The van der Waals surface area contributed by atoms with Gasteiger partial charge in [0.15, 0.2) is 12.4 Å². The molecule has 0 spiro atoms. The molecule has 1 aliphatic heterocycles. The van der Waals surface area contributed by atoms with Gasteiger partial charge in [0.25, 0.3) is 11.7 Å². The van der Waals surface area contributed by atoms with Gasteiger partial charge in [-0.25, -0.2) is 4.39 Å². The van der Waals surface area contributed by atoms with Crippen molar-refractivity contribution >= 4 is 40.7 Å². The molecule has 0 fully saturated rings. The maximum atomic E-state index is 13.2. The first-order valence-electron chi connectivity index (χ1n) is 7.18. The first-order chi connectivity index (χ1) is 12.3. The van der Waals surface area contributed by atoms with Gasteiger partial charge < -0.3 is 20.2 Å². The number of halogens is 2. The molecular formula is C15H10ClFN4O5. The number of carbonyl (C=O) groups excluding carboxylic acids is 2. The van der Waals surface area contributed by atoms with E-state index in [1.807, 2.05) is 0 Å². The zero-order valence-corrected chi connectivity index (χ0v) is 13.7. The highest BCUT2D eigenvalue weighted by molar-refractivity contribution is 6.31. The van der Waals surface area contributed by atoms with Crippen LogP contribution in [0.4, 0.5) is 21.7 Å². The summed E-state index contributed by atoms with van der Waals surface area (Å²) in [6.07, 6.45) is 0. The zero-order valence-electron chi connectivity index (χ0n) is 12.9. The van der Waals surface area contributed by atoms with Crippen LogP contribution < -0.4 is 15.0 Å². The molecule has 0 aliphatic carbocycles. The van der Waals surface area contributed by atoms with Crippen LogP contribution in [0.5, 0.6) is 5.75 Å². The summed E-state index contributed by atoms with van der Waals surface area (Å²) in [5.74, 6) is -2.31. The van der Waals surface area contributed by atoms with Gasteiger partial charge in [-0.3, -0.25) is 14.5 Å². The monoisotopic (exact) mass is 380 g/mol. The Kier molecular flexibility index (Phi) is 4.67. The Hall–Kier alpha value is -3.27. The molecule has 0 bridgehead atoms. The van der Waals surface area contributed by atoms with E-state index in [4.69, 9.17) is 16.3 Å². The van der Waals surface area contributed by atoms with E-state index < -0.39 is 34.9 Å². The normalized spacial score (nSPS) is 13.0. The Bertz CT molecular complexity index is 923. The van der Waals surface area contributed by atoms with Crippen molar-refractivity contribution in [2.24, 2.45) is 0 Å². The summed E-state index contributed by atoms with van der Waals surface area (Å²) in [7, 11) is 0. The number of rotatable bonds is 4. The summed E-state index contributed by atoms with van der Waals surface area (Å²) >= 11 is 5.65. The summed E-state index contributed by atoms with van der Waals surface area (Å²) < 4.78 is 18.3. The van der Waals surface area contributed by atoms with E-state index >= 15 is 0 Å². The van der Waals surface area contributed by atoms with Gasteiger partial charge in [0.1, 0.15) is 12.4 Å². The van der Waals surface area contributed by atoms with Gasteiger partial charge in [0, 0.05) is 11.8 Å². The number of fused-ring (bicyclic) bond motifs is 1. The number of nitrogens with one attached hydrogen (secondary N) is 1. The third kappa shape index (κ3) is 3.54. The number of hydrogen-bond acceptors (Lipinski definition) is 6. The highest BCUT2D eigenvalue weighted by atomic mass is 35.5. The molecule has 0 saturated heterocycles. The fraction of sp³-hybridized carbons (Fsp3) is 0.133. The lowest BCUT2D eigenvalue weighted by atomic mass is 10.3. The molecule has 1 N–H and O–H groups in total. The molecule has 11 heteroatoms. The van der Waals surface area contributed by atoms with Crippen molar-refractivity contribution < 1.29 is 23.6 Å². The number of benzene rings is 1. The van der Waals surface area contributed by atoms with E-state index in [0.717, 1.165) is 17.0 Å². The van der Waals surface area contributed by atoms with Crippen LogP contribution in [-0.2, 0) is 9.59 Å². The molecule has 2 aromatic rings. The quantitative estimate of drug-likeness (QED) is 0.642. The fourth-order valence-corrected chi connectivity index (χ4v) is 2.43. The minimum atomic E-state index is -0.724. The first-order valence-corrected chi connectivity index (χ1v) is 7.56. The second-order valence-corrected chi connectivity index (χ2v) is 5.60. The molecule has 0 atom stereocenters. The number of carbonyl (C=O) groups is 2. The zero-order chi connectivity index (χ0) is 18.8. The Morgan fingerprint density at radius 1 is 1.42 bits per heavy atom. The number of nitrogens with zero attached hydrogens (tertiary/aromatic N) is 3. The Morgan fingerprint density at radius 3 is 2.88 bits per heavy atom. The second-order valence-electron chi connectivity index (χ2n) is 5.19. The van der Waals surface area contributed by atoms with Crippen molar-refractivity contribution in [2.75, 3.05) is 23.4 Å². The fourth-order valence-electron chi connectivity index (χ4n) is 2.25. The molecule has 3 rings (SSSR count). The second kappa shape index (κ2) is 6.92. The van der Waals surface area contributed by atoms with Gasteiger partial charge in [-0.1, -0.05) is 11.6 Å². The molecular weight excluding hydrogens is 371 g/mol. The maximum absolute atomic E-state index is 13.2. The van der Waals surface area contributed by atoms with Crippen LogP contribution in [0.2, 0.25) is 5.02 Å². The van der Waals surface area contributed by atoms with Crippen LogP contribution in [-0.4, -0.2) is 34.9 Å². The number of aromatic nitrogens is 1.